The molecule has 1 amide bonds. The number of carbonyl (C=O) groups is 3. The van der Waals surface area contributed by atoms with Gasteiger partial charge in [0.05, 0.1) is 13.0 Å². The fourth-order valence-electron chi connectivity index (χ4n) is 1.69. The highest BCUT2D eigenvalue weighted by atomic mass is 16.5. The monoisotopic (exact) mass is 257 g/mol. The molecule has 0 unspecified atom stereocenters. The molecule has 0 aromatic heterocycles. The van der Waals surface area contributed by atoms with E-state index in [2.05, 4.69) is 10.1 Å². The molecule has 104 valence electrons. The fourth-order valence-corrected chi connectivity index (χ4v) is 1.69. The van der Waals surface area contributed by atoms with Gasteiger partial charge in [-0.1, -0.05) is 13.3 Å². The minimum atomic E-state index is -0.352. The Morgan fingerprint density at radius 2 is 1.89 bits per heavy atom. The van der Waals surface area contributed by atoms with Crippen LogP contribution in [0.3, 0.4) is 0 Å². The molecule has 0 fully saturated rings. The van der Waals surface area contributed by atoms with Crippen molar-refractivity contribution in [3.05, 3.63) is 0 Å². The molecule has 1 atom stereocenters. The largest absolute Gasteiger partial charge is 0.469 e. The van der Waals surface area contributed by atoms with Gasteiger partial charge < -0.3 is 14.8 Å². The lowest BCUT2D eigenvalue weighted by atomic mass is 9.96. The van der Waals surface area contributed by atoms with Crippen LogP contribution >= 0.6 is 0 Å². The lowest BCUT2D eigenvalue weighted by Gasteiger charge is -2.12. The average Bonchev–Trinajstić information content (AvgIpc) is 2.35. The van der Waals surface area contributed by atoms with Crippen LogP contribution in [0.25, 0.3) is 0 Å². The van der Waals surface area contributed by atoms with E-state index in [9.17, 15) is 14.4 Å². The molecule has 0 spiro atoms. The van der Waals surface area contributed by atoms with E-state index in [1.807, 2.05) is 0 Å². The molecule has 0 aliphatic rings. The number of amides is 1. The van der Waals surface area contributed by atoms with Gasteiger partial charge >= 0.3 is 5.97 Å². The van der Waals surface area contributed by atoms with Crippen molar-refractivity contribution >= 4 is 17.7 Å². The number of hydrogen-bond donors (Lipinski definition) is 1. The number of rotatable bonds is 9. The smallest absolute Gasteiger partial charge is 0.309 e. The molecule has 0 saturated carbocycles. The number of Topliss-reactive ketones (excluding diaryl/α,β-unsaturated/α-hetero) is 1. The summed E-state index contributed by atoms with van der Waals surface area (Å²) in [5.41, 5.74) is 0. The van der Waals surface area contributed by atoms with Crippen LogP contribution in [0.5, 0.6) is 0 Å². The van der Waals surface area contributed by atoms with E-state index in [0.717, 1.165) is 12.8 Å². The van der Waals surface area contributed by atoms with Gasteiger partial charge in [0.25, 0.3) is 0 Å². The Balaban J connectivity index is 3.86. The molecular formula is C13H23NO4. The Kier molecular flexibility index (Phi) is 8.88. The Morgan fingerprint density at radius 3 is 2.39 bits per heavy atom. The van der Waals surface area contributed by atoms with Gasteiger partial charge in [-0.25, -0.2) is 0 Å². The first-order valence-corrected chi connectivity index (χ1v) is 6.35. The predicted molar refractivity (Wildman–Crippen MR) is 68.0 cm³/mol. The molecule has 0 aromatic rings. The van der Waals surface area contributed by atoms with Crippen LogP contribution in [-0.2, 0) is 19.1 Å². The normalized spacial score (nSPS) is 11.7. The fraction of sp³-hybridized carbons (Fsp3) is 0.769. The second-order valence-electron chi connectivity index (χ2n) is 4.33. The van der Waals surface area contributed by atoms with Crippen molar-refractivity contribution in [1.29, 1.82) is 0 Å². The van der Waals surface area contributed by atoms with Gasteiger partial charge in [0.2, 0.25) is 5.91 Å². The van der Waals surface area contributed by atoms with Gasteiger partial charge in [-0.15, -0.1) is 0 Å². The van der Waals surface area contributed by atoms with E-state index in [1.165, 1.54) is 14.0 Å². The van der Waals surface area contributed by atoms with Gasteiger partial charge in [-0.3, -0.25) is 9.59 Å². The molecule has 0 aliphatic carbocycles. The molecule has 5 nitrogen and oxygen atoms in total. The zero-order valence-corrected chi connectivity index (χ0v) is 11.5. The lowest BCUT2D eigenvalue weighted by molar-refractivity contribution is -0.147. The first-order chi connectivity index (χ1) is 8.51. The van der Waals surface area contributed by atoms with Crippen molar-refractivity contribution in [2.24, 2.45) is 5.92 Å². The van der Waals surface area contributed by atoms with E-state index in [1.54, 1.807) is 6.92 Å². The number of hydrogen-bond acceptors (Lipinski definition) is 4. The van der Waals surface area contributed by atoms with Crippen molar-refractivity contribution < 1.29 is 19.1 Å². The molecular weight excluding hydrogens is 234 g/mol. The van der Waals surface area contributed by atoms with Crippen molar-refractivity contribution in [2.75, 3.05) is 13.7 Å². The summed E-state index contributed by atoms with van der Waals surface area (Å²) in [4.78, 5) is 33.4. The number of esters is 1. The Labute approximate surface area is 108 Å². The van der Waals surface area contributed by atoms with Crippen LogP contribution in [0, 0.1) is 5.92 Å². The number of ketones is 1. The SMILES string of the molecule is CCC(=O)NCCCC[C@H](CC(C)=O)C(=O)OC. The number of methoxy groups -OCH3 is 1. The van der Waals surface area contributed by atoms with Crippen molar-refractivity contribution in [3.8, 4) is 0 Å². The maximum absolute atomic E-state index is 11.4. The summed E-state index contributed by atoms with van der Waals surface area (Å²) in [7, 11) is 1.33. The summed E-state index contributed by atoms with van der Waals surface area (Å²) in [5, 5.41) is 2.77. The summed E-state index contributed by atoms with van der Waals surface area (Å²) >= 11 is 0. The second-order valence-corrected chi connectivity index (χ2v) is 4.33. The first-order valence-electron chi connectivity index (χ1n) is 6.35. The lowest BCUT2D eigenvalue weighted by Crippen LogP contribution is -2.24. The summed E-state index contributed by atoms with van der Waals surface area (Å²) < 4.78 is 4.66. The summed E-state index contributed by atoms with van der Waals surface area (Å²) in [6, 6.07) is 0. The van der Waals surface area contributed by atoms with E-state index < -0.39 is 0 Å². The number of carbonyl (C=O) groups excluding carboxylic acids is 3. The zero-order valence-electron chi connectivity index (χ0n) is 11.5. The molecule has 0 aliphatic heterocycles. The quantitative estimate of drug-likeness (QED) is 0.501. The third kappa shape index (κ3) is 7.81. The third-order valence-corrected chi connectivity index (χ3v) is 2.69. The van der Waals surface area contributed by atoms with Gasteiger partial charge in [0, 0.05) is 19.4 Å². The minimum absolute atomic E-state index is 0.00955. The molecule has 0 aromatic carbocycles. The molecule has 0 saturated heterocycles. The Hall–Kier alpha value is -1.39. The van der Waals surface area contributed by atoms with E-state index in [0.29, 0.717) is 19.4 Å². The van der Waals surface area contributed by atoms with Gasteiger partial charge in [-0.05, 0) is 19.8 Å². The molecule has 1 N–H and O–H groups in total. The Bertz CT molecular complexity index is 289. The molecule has 0 bridgehead atoms. The van der Waals surface area contributed by atoms with Gasteiger partial charge in [0.1, 0.15) is 5.78 Å². The highest BCUT2D eigenvalue weighted by molar-refractivity contribution is 5.82. The standard InChI is InChI=1S/C13H23NO4/c1-4-12(16)14-8-6-5-7-11(9-10(2)15)13(17)18-3/h11H,4-9H2,1-3H3,(H,14,16)/t11-/m1/s1. The molecule has 0 rings (SSSR count). The zero-order chi connectivity index (χ0) is 14.0. The molecule has 5 heteroatoms. The minimum Gasteiger partial charge on any atom is -0.469 e. The van der Waals surface area contributed by atoms with Crippen molar-refractivity contribution in [3.63, 3.8) is 0 Å². The number of ether oxygens (including phenoxy) is 1. The maximum atomic E-state index is 11.4. The number of nitrogens with one attached hydrogen (secondary N) is 1. The van der Waals surface area contributed by atoms with Crippen LogP contribution in [0.4, 0.5) is 0 Å². The predicted octanol–water partition coefficient (Wildman–Crippen LogP) is 1.45. The Morgan fingerprint density at radius 1 is 1.22 bits per heavy atom. The highest BCUT2D eigenvalue weighted by Crippen LogP contribution is 2.14. The maximum Gasteiger partial charge on any atom is 0.309 e. The van der Waals surface area contributed by atoms with Crippen LogP contribution in [0.2, 0.25) is 0 Å². The van der Waals surface area contributed by atoms with E-state index in [4.69, 9.17) is 0 Å². The van der Waals surface area contributed by atoms with Crippen LogP contribution in [0.1, 0.15) is 46.0 Å². The highest BCUT2D eigenvalue weighted by Gasteiger charge is 2.20. The average molecular weight is 257 g/mol. The molecule has 18 heavy (non-hydrogen) atoms. The summed E-state index contributed by atoms with van der Waals surface area (Å²) in [6.07, 6.45) is 2.92. The second kappa shape index (κ2) is 9.62. The van der Waals surface area contributed by atoms with Crippen LogP contribution in [0.15, 0.2) is 0 Å². The molecule has 0 heterocycles. The van der Waals surface area contributed by atoms with Gasteiger partial charge in [-0.2, -0.15) is 0 Å². The topological polar surface area (TPSA) is 72.5 Å². The van der Waals surface area contributed by atoms with E-state index in [-0.39, 0.29) is 30.0 Å². The number of unbranched alkanes of at least 4 members (excludes halogenated alkanes) is 1. The van der Waals surface area contributed by atoms with E-state index >= 15 is 0 Å². The first kappa shape index (κ1) is 16.6. The third-order valence-electron chi connectivity index (χ3n) is 2.69. The molecule has 0 radical (unpaired) electrons. The van der Waals surface area contributed by atoms with Crippen molar-refractivity contribution in [1.82, 2.24) is 5.32 Å². The van der Waals surface area contributed by atoms with Gasteiger partial charge in [0.15, 0.2) is 0 Å². The van der Waals surface area contributed by atoms with Crippen LogP contribution < -0.4 is 5.32 Å². The van der Waals surface area contributed by atoms with Crippen molar-refractivity contribution in [2.45, 2.75) is 46.0 Å². The van der Waals surface area contributed by atoms with Crippen LogP contribution in [-0.4, -0.2) is 31.3 Å². The summed E-state index contributed by atoms with van der Waals surface area (Å²) in [5.74, 6) is -0.662. The summed E-state index contributed by atoms with van der Waals surface area (Å²) in [6.45, 7) is 3.88.